The third-order valence-corrected chi connectivity index (χ3v) is 11.8. The number of hydrogen-bond donors (Lipinski definition) is 0. The van der Waals surface area contributed by atoms with Crippen LogP contribution in [0.5, 0.6) is 0 Å². The van der Waals surface area contributed by atoms with Crippen LogP contribution in [0.2, 0.25) is 0 Å². The monoisotopic (exact) mass is 514 g/mol. The molecule has 0 bridgehead atoms. The molecule has 2 aliphatic rings. The average Bonchev–Trinajstić information content (AvgIpc) is 3.51. The summed E-state index contributed by atoms with van der Waals surface area (Å²) in [5, 5.41) is 2.88. The van der Waals surface area contributed by atoms with E-state index in [1.165, 1.54) is 10.6 Å². The molecule has 2 aromatic carbocycles. The van der Waals surface area contributed by atoms with Crippen molar-refractivity contribution >= 4 is 26.5 Å². The van der Waals surface area contributed by atoms with Crippen molar-refractivity contribution in [2.75, 3.05) is 0 Å². The molecule has 2 aliphatic carbocycles. The van der Waals surface area contributed by atoms with Gasteiger partial charge in [-0.25, -0.2) is 0 Å². The Morgan fingerprint density at radius 1 is 0.545 bits per heavy atom. The summed E-state index contributed by atoms with van der Waals surface area (Å²) in [6, 6.07) is 22.1. The van der Waals surface area contributed by atoms with Crippen LogP contribution in [0.1, 0.15) is 34.6 Å². The van der Waals surface area contributed by atoms with E-state index < -0.39 is 7.92 Å². The van der Waals surface area contributed by atoms with Crippen LogP contribution in [-0.4, -0.2) is 17.0 Å². The third kappa shape index (κ3) is 8.18. The van der Waals surface area contributed by atoms with Crippen molar-refractivity contribution in [3.05, 3.63) is 124 Å². The maximum absolute atomic E-state index is 2.47. The minimum Gasteiger partial charge on any atom is -0.0979 e. The van der Waals surface area contributed by atoms with Crippen molar-refractivity contribution in [3.8, 4) is 0 Å². The minimum atomic E-state index is -0.515. The number of hydrogen-bond acceptors (Lipinski definition) is 0. The topological polar surface area (TPSA) is 0 Å². The Balaban J connectivity index is 0.000000568. The Kier molecular flexibility index (Phi) is 13.2. The zero-order chi connectivity index (χ0) is 22.9. The van der Waals surface area contributed by atoms with E-state index >= 15 is 0 Å². The van der Waals surface area contributed by atoms with E-state index in [2.05, 4.69) is 115 Å². The molecule has 2 aromatic rings. The van der Waals surface area contributed by atoms with E-state index in [0.717, 1.165) is 11.3 Å². The van der Waals surface area contributed by atoms with E-state index in [-0.39, 0.29) is 25.0 Å². The minimum absolute atomic E-state index is 0. The first-order chi connectivity index (χ1) is 15.5. The van der Waals surface area contributed by atoms with E-state index in [1.807, 2.05) is 32.1 Å². The number of benzene rings is 2. The zero-order valence-electron chi connectivity index (χ0n) is 20.4. The summed E-state index contributed by atoms with van der Waals surface area (Å²) >= 11 is 0. The fourth-order valence-corrected chi connectivity index (χ4v) is 10.7. The van der Waals surface area contributed by atoms with Crippen molar-refractivity contribution in [1.82, 2.24) is 0 Å². The van der Waals surface area contributed by atoms with Gasteiger partial charge in [0.15, 0.2) is 0 Å². The molecule has 0 saturated heterocycles. The van der Waals surface area contributed by atoms with Crippen molar-refractivity contribution < 1.29 is 17.1 Å². The van der Waals surface area contributed by atoms with Crippen LogP contribution >= 0.6 is 15.8 Å². The quantitative estimate of drug-likeness (QED) is 0.264. The Bertz CT molecular complexity index is 702. The molecule has 1 atom stereocenters. The molecule has 0 unspecified atom stereocenters. The van der Waals surface area contributed by atoms with Gasteiger partial charge in [0.1, 0.15) is 0 Å². The summed E-state index contributed by atoms with van der Waals surface area (Å²) in [4.78, 5) is 0. The molecule has 33 heavy (non-hydrogen) atoms. The van der Waals surface area contributed by atoms with Gasteiger partial charge < -0.3 is 0 Å². The van der Waals surface area contributed by atoms with Gasteiger partial charge in [0.05, 0.1) is 0 Å². The maximum atomic E-state index is 2.47. The summed E-state index contributed by atoms with van der Waals surface area (Å²) in [7, 11) is -0.574. The molecular formula is C30H36FeP2+2. The molecule has 0 spiro atoms. The Morgan fingerprint density at radius 2 is 0.970 bits per heavy atom. The summed E-state index contributed by atoms with van der Waals surface area (Å²) < 4.78 is 0. The van der Waals surface area contributed by atoms with Crippen LogP contribution in [0.3, 0.4) is 0 Å². The second-order valence-electron chi connectivity index (χ2n) is 8.65. The fraction of sp³-hybridized carbons (Fsp3) is 0.267. The van der Waals surface area contributed by atoms with E-state index in [4.69, 9.17) is 0 Å². The molecule has 0 aliphatic heterocycles. The molecule has 0 heterocycles. The SMILES string of the molecule is CC(C)P(C(C)C)[C@H](C)[C]1[CH][CH][CH][C]1P(c1ccccc1)c1ccccc1.[CH]1[CH][CH][CH][CH]1.[Fe+2]. The summed E-state index contributed by atoms with van der Waals surface area (Å²) in [6.45, 7) is 12.1. The molecule has 0 aromatic heterocycles. The second kappa shape index (κ2) is 15.0. The summed E-state index contributed by atoms with van der Waals surface area (Å²) in [5.74, 6) is 1.57. The largest absolute Gasteiger partial charge is 2.00 e. The molecule has 0 nitrogen and oxygen atoms in total. The van der Waals surface area contributed by atoms with Crippen LogP contribution in [0.25, 0.3) is 0 Å². The Morgan fingerprint density at radius 3 is 1.36 bits per heavy atom. The van der Waals surface area contributed by atoms with Crippen molar-refractivity contribution in [2.45, 2.75) is 51.6 Å². The molecule has 0 amide bonds. The van der Waals surface area contributed by atoms with Gasteiger partial charge in [0.2, 0.25) is 0 Å². The van der Waals surface area contributed by atoms with Gasteiger partial charge in [0, 0.05) is 5.66 Å². The molecule has 2 saturated carbocycles. The first-order valence-electron chi connectivity index (χ1n) is 11.6. The van der Waals surface area contributed by atoms with Crippen LogP contribution < -0.4 is 10.6 Å². The van der Waals surface area contributed by atoms with Crippen LogP contribution in [0.15, 0.2) is 60.7 Å². The van der Waals surface area contributed by atoms with Gasteiger partial charge in [-0.1, -0.05) is 103 Å². The first-order valence-corrected chi connectivity index (χ1v) is 14.5. The third-order valence-electron chi connectivity index (χ3n) is 5.74. The standard InChI is InChI=1S/C25H31P2.C5H5.Fe/c1-19(2)26(20(3)4)21(5)24-17-12-18-25(24)27(22-13-8-6-9-14-22)23-15-10-7-11-16-23;1-2-4-5-3-1;/h6-21H,1-5H3;1-5H;/q;;+2/t21-;;/m1../s1. The van der Waals surface area contributed by atoms with Crippen LogP contribution in [0.4, 0.5) is 0 Å². The van der Waals surface area contributed by atoms with Crippen molar-refractivity contribution in [1.29, 1.82) is 0 Å². The summed E-state index contributed by atoms with van der Waals surface area (Å²) in [5.41, 5.74) is 3.67. The molecule has 2 fully saturated rings. The molecular weight excluding hydrogens is 478 g/mol. The molecule has 10 radical (unpaired) electrons. The number of rotatable bonds is 7. The molecule has 4 rings (SSSR count). The average molecular weight is 514 g/mol. The maximum Gasteiger partial charge on any atom is 2.00 e. The predicted molar refractivity (Wildman–Crippen MR) is 147 cm³/mol. The normalized spacial score (nSPS) is 18.0. The predicted octanol–water partition coefficient (Wildman–Crippen LogP) is 7.56. The van der Waals surface area contributed by atoms with Crippen LogP contribution in [0, 0.1) is 62.9 Å². The van der Waals surface area contributed by atoms with E-state index in [9.17, 15) is 0 Å². The smallest absolute Gasteiger partial charge is 0.0979 e. The fourth-order valence-electron chi connectivity index (χ4n) is 4.53. The Labute approximate surface area is 218 Å². The van der Waals surface area contributed by atoms with Gasteiger partial charge in [-0.05, 0) is 92.8 Å². The summed E-state index contributed by atoms with van der Waals surface area (Å²) in [6.07, 6.45) is 17.0. The molecule has 172 valence electrons. The van der Waals surface area contributed by atoms with E-state index in [1.54, 1.807) is 11.6 Å². The molecule has 0 N–H and O–H groups in total. The van der Waals surface area contributed by atoms with Crippen molar-refractivity contribution in [2.24, 2.45) is 0 Å². The van der Waals surface area contributed by atoms with Crippen LogP contribution in [-0.2, 0) is 17.1 Å². The van der Waals surface area contributed by atoms with Crippen molar-refractivity contribution in [3.63, 3.8) is 0 Å². The second-order valence-corrected chi connectivity index (χ2v) is 14.6. The Hall–Kier alpha value is -0.181. The van der Waals surface area contributed by atoms with Gasteiger partial charge in [-0.2, -0.15) is 0 Å². The van der Waals surface area contributed by atoms with Gasteiger partial charge >= 0.3 is 17.1 Å². The van der Waals surface area contributed by atoms with Gasteiger partial charge in [0.25, 0.3) is 0 Å². The molecule has 3 heteroatoms. The van der Waals surface area contributed by atoms with E-state index in [0.29, 0.717) is 5.66 Å². The first kappa shape index (κ1) is 29.1. The van der Waals surface area contributed by atoms with Gasteiger partial charge in [-0.15, -0.1) is 0 Å². The zero-order valence-corrected chi connectivity index (χ0v) is 23.3. The van der Waals surface area contributed by atoms with Gasteiger partial charge in [-0.3, -0.25) is 0 Å².